The molecule has 0 saturated heterocycles. The Morgan fingerprint density at radius 1 is 0.966 bits per heavy atom. The van der Waals surface area contributed by atoms with Gasteiger partial charge in [-0.15, -0.1) is 10.2 Å². The van der Waals surface area contributed by atoms with Gasteiger partial charge in [0, 0.05) is 11.1 Å². The number of fused-ring (bicyclic) bond motifs is 1. The number of aromatic nitrogens is 2. The van der Waals surface area contributed by atoms with Gasteiger partial charge in [0.1, 0.15) is 0 Å². The molecular formula is C22H17N3O2S2. The van der Waals surface area contributed by atoms with Gasteiger partial charge in [-0.25, -0.2) is 0 Å². The topological polar surface area (TPSA) is 72.0 Å². The van der Waals surface area contributed by atoms with Crippen molar-refractivity contribution < 1.29 is 9.59 Å². The van der Waals surface area contributed by atoms with Crippen LogP contribution in [0.15, 0.2) is 71.1 Å². The number of nitrogens with zero attached hydrogens (tertiary/aromatic N) is 2. The van der Waals surface area contributed by atoms with Crippen LogP contribution in [-0.4, -0.2) is 27.6 Å². The third-order valence-electron chi connectivity index (χ3n) is 4.36. The molecule has 1 aromatic heterocycles. The van der Waals surface area contributed by atoms with Crippen LogP contribution >= 0.6 is 23.1 Å². The maximum Gasteiger partial charge on any atom is 0.258 e. The molecule has 0 unspecified atom stereocenters. The normalized spacial score (nSPS) is 10.8. The van der Waals surface area contributed by atoms with Gasteiger partial charge in [-0.05, 0) is 23.8 Å². The van der Waals surface area contributed by atoms with Crippen molar-refractivity contribution in [2.24, 2.45) is 0 Å². The summed E-state index contributed by atoms with van der Waals surface area (Å²) < 4.78 is 0.638. The molecule has 3 aromatic carbocycles. The molecule has 5 nitrogen and oxygen atoms in total. The lowest BCUT2D eigenvalue weighted by Gasteiger charge is -2.05. The third-order valence-corrected chi connectivity index (χ3v) is 6.33. The maximum absolute atomic E-state index is 12.7. The van der Waals surface area contributed by atoms with Gasteiger partial charge in [-0.2, -0.15) is 0 Å². The van der Waals surface area contributed by atoms with Crippen LogP contribution < -0.4 is 5.32 Å². The van der Waals surface area contributed by atoms with Crippen LogP contribution in [0.5, 0.6) is 0 Å². The van der Waals surface area contributed by atoms with Crippen LogP contribution in [-0.2, 0) is 0 Å². The molecule has 7 heteroatoms. The molecule has 0 fully saturated rings. The Balaban J connectivity index is 1.40. The SMILES string of the molecule is Cc1ccc(C(=O)CSc2nnc(NC(=O)c3cccc4ccccc34)s2)cc1. The number of carbonyl (C=O) groups is 2. The van der Waals surface area contributed by atoms with Crippen molar-refractivity contribution in [3.8, 4) is 0 Å². The highest BCUT2D eigenvalue weighted by Gasteiger charge is 2.14. The molecule has 29 heavy (non-hydrogen) atoms. The minimum Gasteiger partial charge on any atom is -0.296 e. The highest BCUT2D eigenvalue weighted by atomic mass is 32.2. The number of carbonyl (C=O) groups excluding carboxylic acids is 2. The Kier molecular flexibility index (Phi) is 5.69. The first-order chi connectivity index (χ1) is 14.1. The molecule has 0 aliphatic rings. The van der Waals surface area contributed by atoms with Crippen LogP contribution in [0.25, 0.3) is 10.8 Å². The van der Waals surface area contributed by atoms with Crippen LogP contribution in [0.3, 0.4) is 0 Å². The number of Topliss-reactive ketones (excluding diaryl/α,β-unsaturated/α-hetero) is 1. The number of amides is 1. The number of ketones is 1. The van der Waals surface area contributed by atoms with E-state index < -0.39 is 0 Å². The number of hydrogen-bond acceptors (Lipinski definition) is 6. The molecule has 4 aromatic rings. The summed E-state index contributed by atoms with van der Waals surface area (Å²) in [6.45, 7) is 1.98. The van der Waals surface area contributed by atoms with E-state index in [0.29, 0.717) is 20.6 Å². The van der Waals surface area contributed by atoms with Crippen LogP contribution in [0.2, 0.25) is 0 Å². The van der Waals surface area contributed by atoms with Crippen molar-refractivity contribution in [3.63, 3.8) is 0 Å². The fourth-order valence-corrected chi connectivity index (χ4v) is 4.50. The van der Waals surface area contributed by atoms with E-state index >= 15 is 0 Å². The van der Waals surface area contributed by atoms with E-state index in [2.05, 4.69) is 15.5 Å². The molecule has 144 valence electrons. The molecule has 1 heterocycles. The average Bonchev–Trinajstić information content (AvgIpc) is 3.19. The molecular weight excluding hydrogens is 402 g/mol. The molecule has 1 N–H and O–H groups in total. The van der Waals surface area contributed by atoms with Gasteiger partial charge < -0.3 is 0 Å². The van der Waals surface area contributed by atoms with Crippen molar-refractivity contribution in [1.29, 1.82) is 0 Å². The summed E-state index contributed by atoms with van der Waals surface area (Å²) in [5.41, 5.74) is 2.38. The van der Waals surface area contributed by atoms with Crippen molar-refractivity contribution in [2.45, 2.75) is 11.3 Å². The zero-order chi connectivity index (χ0) is 20.2. The highest BCUT2D eigenvalue weighted by molar-refractivity contribution is 8.01. The predicted octanol–water partition coefficient (Wildman–Crippen LogP) is 5.23. The summed E-state index contributed by atoms with van der Waals surface area (Å²) in [6.07, 6.45) is 0. The van der Waals surface area contributed by atoms with Crippen molar-refractivity contribution in [3.05, 3.63) is 83.4 Å². The Bertz CT molecular complexity index is 1180. The second-order valence-electron chi connectivity index (χ2n) is 6.43. The Morgan fingerprint density at radius 2 is 1.72 bits per heavy atom. The van der Waals surface area contributed by atoms with Gasteiger partial charge in [-0.3, -0.25) is 14.9 Å². The van der Waals surface area contributed by atoms with Gasteiger partial charge in [0.15, 0.2) is 10.1 Å². The van der Waals surface area contributed by atoms with E-state index in [0.717, 1.165) is 16.3 Å². The number of hydrogen-bond donors (Lipinski definition) is 1. The molecule has 0 atom stereocenters. The molecule has 1 amide bonds. The molecule has 0 spiro atoms. The molecule has 4 rings (SSSR count). The number of rotatable bonds is 6. The minimum atomic E-state index is -0.231. The van der Waals surface area contributed by atoms with E-state index in [1.807, 2.05) is 67.6 Å². The molecule has 0 aliphatic carbocycles. The molecule has 0 bridgehead atoms. The largest absolute Gasteiger partial charge is 0.296 e. The van der Waals surface area contributed by atoms with Crippen molar-refractivity contribution in [2.75, 3.05) is 11.1 Å². The Morgan fingerprint density at radius 3 is 2.55 bits per heavy atom. The Labute approximate surface area is 176 Å². The molecule has 0 aliphatic heterocycles. The lowest BCUT2D eigenvalue weighted by molar-refractivity contribution is 0.101. The second kappa shape index (κ2) is 8.55. The van der Waals surface area contributed by atoms with Crippen molar-refractivity contribution >= 4 is 50.7 Å². The number of anilines is 1. The molecule has 0 radical (unpaired) electrons. The lowest BCUT2D eigenvalue weighted by atomic mass is 10.0. The summed E-state index contributed by atoms with van der Waals surface area (Å²) in [7, 11) is 0. The number of aryl methyl sites for hydroxylation is 1. The summed E-state index contributed by atoms with van der Waals surface area (Å²) in [6, 6.07) is 20.8. The molecule has 0 saturated carbocycles. The number of benzene rings is 3. The monoisotopic (exact) mass is 419 g/mol. The fraction of sp³-hybridized carbons (Fsp3) is 0.0909. The third kappa shape index (κ3) is 4.52. The van der Waals surface area contributed by atoms with E-state index in [9.17, 15) is 9.59 Å². The first-order valence-corrected chi connectivity index (χ1v) is 10.8. The lowest BCUT2D eigenvalue weighted by Crippen LogP contribution is -2.12. The summed E-state index contributed by atoms with van der Waals surface area (Å²) in [5, 5.41) is 13.2. The van der Waals surface area contributed by atoms with Gasteiger partial charge in [0.25, 0.3) is 5.91 Å². The Hall–Kier alpha value is -3.03. The zero-order valence-corrected chi connectivity index (χ0v) is 17.2. The highest BCUT2D eigenvalue weighted by Crippen LogP contribution is 2.27. The van der Waals surface area contributed by atoms with Crippen LogP contribution in [0, 0.1) is 6.92 Å². The zero-order valence-electron chi connectivity index (χ0n) is 15.6. The number of nitrogens with one attached hydrogen (secondary N) is 1. The van der Waals surface area contributed by atoms with Gasteiger partial charge in [-0.1, -0.05) is 89.3 Å². The standard InChI is InChI=1S/C22H17N3O2S2/c1-14-9-11-16(12-10-14)19(26)13-28-22-25-24-21(29-22)23-20(27)18-8-4-6-15-5-2-3-7-17(15)18/h2-12H,13H2,1H3,(H,23,24,27). The van der Waals surface area contributed by atoms with Gasteiger partial charge in [0.2, 0.25) is 5.13 Å². The first kappa shape index (κ1) is 19.3. The number of thioether (sulfide) groups is 1. The van der Waals surface area contributed by atoms with E-state index in [1.165, 1.54) is 23.1 Å². The quantitative estimate of drug-likeness (QED) is 0.263. The minimum absolute atomic E-state index is 0.0338. The first-order valence-electron chi connectivity index (χ1n) is 8.95. The summed E-state index contributed by atoms with van der Waals surface area (Å²) in [4.78, 5) is 25.0. The van der Waals surface area contributed by atoms with E-state index in [-0.39, 0.29) is 17.4 Å². The fourth-order valence-electron chi connectivity index (χ4n) is 2.86. The van der Waals surface area contributed by atoms with E-state index in [1.54, 1.807) is 6.07 Å². The smallest absolute Gasteiger partial charge is 0.258 e. The van der Waals surface area contributed by atoms with Gasteiger partial charge >= 0.3 is 0 Å². The predicted molar refractivity (Wildman–Crippen MR) is 118 cm³/mol. The second-order valence-corrected chi connectivity index (χ2v) is 8.63. The van der Waals surface area contributed by atoms with E-state index in [4.69, 9.17) is 0 Å². The van der Waals surface area contributed by atoms with Gasteiger partial charge in [0.05, 0.1) is 5.75 Å². The average molecular weight is 420 g/mol. The van der Waals surface area contributed by atoms with Crippen LogP contribution in [0.4, 0.5) is 5.13 Å². The van der Waals surface area contributed by atoms with Crippen molar-refractivity contribution in [1.82, 2.24) is 10.2 Å². The maximum atomic E-state index is 12.7. The summed E-state index contributed by atoms with van der Waals surface area (Å²) in [5.74, 6) is 0.0753. The van der Waals surface area contributed by atoms with Crippen LogP contribution in [0.1, 0.15) is 26.3 Å². The summed E-state index contributed by atoms with van der Waals surface area (Å²) >= 11 is 2.58.